The SMILES string of the molecule is Cc1c(C2=CC=CC2)c(C(C)C)c(C(N)=O)c(C(C)C)c1[Si](C)C. The second-order valence-corrected chi connectivity index (χ2v) is 10.1. The molecule has 3 heteroatoms. The second-order valence-electron chi connectivity index (χ2n) is 7.58. The predicted octanol–water partition coefficient (Wildman–Crippen LogP) is 4.65. The fraction of sp³-hybridized carbons (Fsp3) is 0.476. The van der Waals surface area contributed by atoms with Crippen molar-refractivity contribution in [2.45, 2.75) is 66.0 Å². The molecule has 0 atom stereocenters. The molecule has 1 aromatic carbocycles. The van der Waals surface area contributed by atoms with Crippen LogP contribution < -0.4 is 10.9 Å². The highest BCUT2D eigenvalue weighted by Gasteiger charge is 2.29. The minimum absolute atomic E-state index is 0.263. The summed E-state index contributed by atoms with van der Waals surface area (Å²) >= 11 is 0. The van der Waals surface area contributed by atoms with Crippen LogP contribution in [0.15, 0.2) is 18.2 Å². The van der Waals surface area contributed by atoms with Crippen LogP contribution in [0.2, 0.25) is 13.1 Å². The summed E-state index contributed by atoms with van der Waals surface area (Å²) in [5.74, 6) is 0.279. The van der Waals surface area contributed by atoms with E-state index in [0.717, 1.165) is 17.5 Å². The molecule has 24 heavy (non-hydrogen) atoms. The smallest absolute Gasteiger partial charge is 0.249 e. The van der Waals surface area contributed by atoms with E-state index in [2.05, 4.69) is 65.9 Å². The third-order valence-electron chi connectivity index (χ3n) is 4.82. The highest BCUT2D eigenvalue weighted by molar-refractivity contribution is 6.72. The van der Waals surface area contributed by atoms with E-state index >= 15 is 0 Å². The van der Waals surface area contributed by atoms with Crippen LogP contribution >= 0.6 is 0 Å². The number of allylic oxidation sites excluding steroid dienone is 4. The first-order valence-electron chi connectivity index (χ1n) is 8.85. The summed E-state index contributed by atoms with van der Waals surface area (Å²) in [7, 11) is -0.720. The Morgan fingerprint density at radius 1 is 1.12 bits per heavy atom. The third-order valence-corrected chi connectivity index (χ3v) is 6.47. The fourth-order valence-corrected chi connectivity index (χ4v) is 5.86. The molecular weight excluding hydrogens is 310 g/mol. The van der Waals surface area contributed by atoms with Gasteiger partial charge >= 0.3 is 0 Å². The first-order valence-corrected chi connectivity index (χ1v) is 11.3. The summed E-state index contributed by atoms with van der Waals surface area (Å²) in [6.45, 7) is 15.5. The Kier molecular flexibility index (Phi) is 5.54. The lowest BCUT2D eigenvalue weighted by molar-refractivity contribution is 0.0998. The molecule has 0 fully saturated rings. The van der Waals surface area contributed by atoms with E-state index in [0.29, 0.717) is 5.92 Å². The summed E-state index contributed by atoms with van der Waals surface area (Å²) in [5.41, 5.74) is 13.0. The molecule has 1 amide bonds. The number of amides is 1. The van der Waals surface area contributed by atoms with Gasteiger partial charge in [0.15, 0.2) is 0 Å². The Morgan fingerprint density at radius 2 is 1.71 bits per heavy atom. The van der Waals surface area contributed by atoms with Gasteiger partial charge in [-0.2, -0.15) is 0 Å². The minimum atomic E-state index is -0.720. The quantitative estimate of drug-likeness (QED) is 0.779. The first-order chi connectivity index (χ1) is 11.2. The largest absolute Gasteiger partial charge is 0.366 e. The van der Waals surface area contributed by atoms with E-state index in [4.69, 9.17) is 5.73 Å². The standard InChI is InChI=1S/C21H30NOSi/c1-12(2)16-18(15-10-8-9-11-15)14(5)20(24(6)7)17(13(3)4)19(16)21(22)23/h8-10,12-13H,11H2,1-7H3,(H2,22,23). The topological polar surface area (TPSA) is 43.1 Å². The summed E-state index contributed by atoms with van der Waals surface area (Å²) < 4.78 is 0. The minimum Gasteiger partial charge on any atom is -0.366 e. The van der Waals surface area contributed by atoms with Crippen molar-refractivity contribution < 1.29 is 4.79 Å². The summed E-state index contributed by atoms with van der Waals surface area (Å²) in [5, 5.41) is 1.40. The zero-order chi connectivity index (χ0) is 18.2. The Bertz CT molecular complexity index is 724. The average Bonchev–Trinajstić information content (AvgIpc) is 2.98. The molecule has 1 radical (unpaired) electrons. The molecule has 0 saturated heterocycles. The molecule has 129 valence electrons. The fourth-order valence-electron chi connectivity index (χ4n) is 4.04. The van der Waals surface area contributed by atoms with E-state index in [1.807, 2.05) is 0 Å². The molecule has 2 nitrogen and oxygen atoms in total. The van der Waals surface area contributed by atoms with Gasteiger partial charge in [0.25, 0.3) is 0 Å². The first kappa shape index (κ1) is 18.7. The van der Waals surface area contributed by atoms with Crippen molar-refractivity contribution in [1.82, 2.24) is 0 Å². The van der Waals surface area contributed by atoms with Crippen molar-refractivity contribution >= 4 is 25.5 Å². The Labute approximate surface area is 148 Å². The Morgan fingerprint density at radius 3 is 2.08 bits per heavy atom. The number of hydrogen-bond donors (Lipinski definition) is 1. The molecule has 1 aliphatic rings. The zero-order valence-corrected chi connectivity index (χ0v) is 17.1. The van der Waals surface area contributed by atoms with Crippen molar-refractivity contribution in [3.63, 3.8) is 0 Å². The molecule has 0 saturated carbocycles. The molecular formula is C21H30NOSi. The number of nitrogens with two attached hydrogens (primary N) is 1. The normalized spacial score (nSPS) is 14.2. The van der Waals surface area contributed by atoms with E-state index in [9.17, 15) is 4.79 Å². The van der Waals surface area contributed by atoms with Gasteiger partial charge in [-0.05, 0) is 53.0 Å². The monoisotopic (exact) mass is 340 g/mol. The summed E-state index contributed by atoms with van der Waals surface area (Å²) in [6.07, 6.45) is 7.43. The van der Waals surface area contributed by atoms with Crippen LogP contribution in [0.5, 0.6) is 0 Å². The van der Waals surface area contributed by atoms with Gasteiger partial charge in [0.2, 0.25) is 5.91 Å². The number of primary amides is 1. The molecule has 0 spiro atoms. The predicted molar refractivity (Wildman–Crippen MR) is 107 cm³/mol. The van der Waals surface area contributed by atoms with Gasteiger partial charge < -0.3 is 5.73 Å². The van der Waals surface area contributed by atoms with E-state index < -0.39 is 8.80 Å². The maximum Gasteiger partial charge on any atom is 0.249 e. The van der Waals surface area contributed by atoms with Gasteiger partial charge in [0.1, 0.15) is 0 Å². The molecule has 2 rings (SSSR count). The van der Waals surface area contributed by atoms with Crippen LogP contribution in [0, 0.1) is 6.92 Å². The number of benzene rings is 1. The van der Waals surface area contributed by atoms with E-state index in [1.165, 1.54) is 27.5 Å². The third kappa shape index (κ3) is 3.14. The average molecular weight is 341 g/mol. The van der Waals surface area contributed by atoms with Gasteiger partial charge in [-0.15, -0.1) is 0 Å². The lowest BCUT2D eigenvalue weighted by Crippen LogP contribution is -2.36. The molecule has 0 aliphatic heterocycles. The number of rotatable bonds is 5. The van der Waals surface area contributed by atoms with E-state index in [1.54, 1.807) is 0 Å². The maximum atomic E-state index is 12.5. The van der Waals surface area contributed by atoms with Gasteiger partial charge in [-0.1, -0.05) is 64.2 Å². The molecule has 1 aliphatic carbocycles. The molecule has 0 heterocycles. The Hall–Kier alpha value is -1.61. The van der Waals surface area contributed by atoms with Gasteiger partial charge in [0, 0.05) is 5.56 Å². The van der Waals surface area contributed by atoms with Crippen molar-refractivity contribution in [3.8, 4) is 0 Å². The molecule has 0 unspecified atom stereocenters. The van der Waals surface area contributed by atoms with Crippen molar-refractivity contribution in [1.29, 1.82) is 0 Å². The van der Waals surface area contributed by atoms with Gasteiger partial charge in [-0.25, -0.2) is 0 Å². The van der Waals surface area contributed by atoms with Crippen molar-refractivity contribution in [2.75, 3.05) is 0 Å². The Balaban J connectivity index is 3.02. The van der Waals surface area contributed by atoms with E-state index in [-0.39, 0.29) is 11.8 Å². The van der Waals surface area contributed by atoms with Crippen LogP contribution in [0.1, 0.15) is 78.6 Å². The summed E-state index contributed by atoms with van der Waals surface area (Å²) in [4.78, 5) is 12.5. The lowest BCUT2D eigenvalue weighted by Gasteiger charge is -2.29. The van der Waals surface area contributed by atoms with Crippen LogP contribution in [0.3, 0.4) is 0 Å². The second kappa shape index (κ2) is 7.10. The highest BCUT2D eigenvalue weighted by atomic mass is 28.3. The zero-order valence-electron chi connectivity index (χ0n) is 16.1. The van der Waals surface area contributed by atoms with Gasteiger partial charge in [0.05, 0.1) is 8.80 Å². The van der Waals surface area contributed by atoms with Crippen molar-refractivity contribution in [3.05, 3.63) is 46.0 Å². The number of hydrogen-bond acceptors (Lipinski definition) is 1. The van der Waals surface area contributed by atoms with Gasteiger partial charge in [-0.3, -0.25) is 4.79 Å². The molecule has 0 aromatic heterocycles. The van der Waals surface area contributed by atoms with Crippen LogP contribution in [-0.2, 0) is 0 Å². The number of carbonyl (C=O) groups is 1. The highest BCUT2D eigenvalue weighted by Crippen LogP contribution is 2.38. The molecule has 0 bridgehead atoms. The van der Waals surface area contributed by atoms with Crippen molar-refractivity contribution in [2.24, 2.45) is 5.73 Å². The van der Waals surface area contributed by atoms with Crippen LogP contribution in [0.4, 0.5) is 0 Å². The molecule has 1 aromatic rings. The maximum absolute atomic E-state index is 12.5. The number of carbonyl (C=O) groups excluding carboxylic acids is 1. The van der Waals surface area contributed by atoms with Crippen LogP contribution in [-0.4, -0.2) is 14.7 Å². The van der Waals surface area contributed by atoms with Crippen LogP contribution in [0.25, 0.3) is 5.57 Å². The lowest BCUT2D eigenvalue weighted by atomic mass is 9.80. The molecule has 2 N–H and O–H groups in total. The summed E-state index contributed by atoms with van der Waals surface area (Å²) in [6, 6.07) is 0.